The van der Waals surface area contributed by atoms with Crippen LogP contribution in [0.5, 0.6) is 11.5 Å². The molecule has 0 fully saturated rings. The highest BCUT2D eigenvalue weighted by Crippen LogP contribution is 2.44. The number of rotatable bonds is 4. The summed E-state index contributed by atoms with van der Waals surface area (Å²) < 4.78 is 38.4. The summed E-state index contributed by atoms with van der Waals surface area (Å²) in [5.41, 5.74) is 1.97. The molecule has 2 aromatic carbocycles. The van der Waals surface area contributed by atoms with Crippen LogP contribution in [0.1, 0.15) is 42.2 Å². The Morgan fingerprint density at radius 3 is 2.40 bits per heavy atom. The lowest BCUT2D eigenvalue weighted by Gasteiger charge is -2.34. The van der Waals surface area contributed by atoms with E-state index in [2.05, 4.69) is 5.32 Å². The van der Waals surface area contributed by atoms with Crippen LogP contribution in [0.3, 0.4) is 0 Å². The molecule has 2 atom stereocenters. The average molecular weight is 413 g/mol. The summed E-state index contributed by atoms with van der Waals surface area (Å²) in [4.78, 5) is 25.4. The van der Waals surface area contributed by atoms with Gasteiger partial charge in [-0.05, 0) is 41.7 Å². The van der Waals surface area contributed by atoms with Crippen molar-refractivity contribution in [1.82, 2.24) is 5.32 Å². The van der Waals surface area contributed by atoms with E-state index in [4.69, 9.17) is 9.47 Å². The second-order valence-electron chi connectivity index (χ2n) is 7.51. The van der Waals surface area contributed by atoms with Crippen molar-refractivity contribution < 1.29 is 27.8 Å². The number of benzene rings is 2. The first kappa shape index (κ1) is 20.1. The topological polar surface area (TPSA) is 64.6 Å². The van der Waals surface area contributed by atoms with Gasteiger partial charge in [-0.15, -0.1) is 0 Å². The standard InChI is InChI=1S/C23H21F2NO4/c1-29-20-6-3-12(9-21(20)30-2)13-7-18-23(19(27)8-13)16(11-22(28)26-18)15-5-4-14(24)10-17(15)25/h3-6,9-10,13,16H,7-8,11H2,1-2H3,(H,26,28). The highest BCUT2D eigenvalue weighted by Gasteiger charge is 2.39. The summed E-state index contributed by atoms with van der Waals surface area (Å²) in [6.07, 6.45) is 0.610. The number of methoxy groups -OCH3 is 2. The molecule has 7 heteroatoms. The highest BCUT2D eigenvalue weighted by atomic mass is 19.1. The largest absolute Gasteiger partial charge is 0.493 e. The van der Waals surface area contributed by atoms with Crippen LogP contribution in [0.2, 0.25) is 0 Å². The molecule has 1 heterocycles. The van der Waals surface area contributed by atoms with Crippen LogP contribution in [0.25, 0.3) is 0 Å². The number of halogens is 2. The number of carbonyl (C=O) groups is 2. The van der Waals surface area contributed by atoms with E-state index in [9.17, 15) is 18.4 Å². The molecule has 30 heavy (non-hydrogen) atoms. The monoisotopic (exact) mass is 413 g/mol. The zero-order valence-electron chi connectivity index (χ0n) is 16.6. The smallest absolute Gasteiger partial charge is 0.225 e. The molecule has 2 aliphatic rings. The molecule has 0 spiro atoms. The van der Waals surface area contributed by atoms with Crippen LogP contribution in [0.4, 0.5) is 8.78 Å². The van der Waals surface area contributed by atoms with Crippen LogP contribution >= 0.6 is 0 Å². The van der Waals surface area contributed by atoms with E-state index < -0.39 is 17.6 Å². The van der Waals surface area contributed by atoms with Gasteiger partial charge in [0.1, 0.15) is 11.6 Å². The van der Waals surface area contributed by atoms with Gasteiger partial charge in [-0.25, -0.2) is 8.78 Å². The normalized spacial score (nSPS) is 21.2. The third kappa shape index (κ3) is 3.56. The third-order valence-corrected chi connectivity index (χ3v) is 5.75. The Labute approximate surface area is 172 Å². The van der Waals surface area contributed by atoms with Gasteiger partial charge >= 0.3 is 0 Å². The predicted molar refractivity (Wildman–Crippen MR) is 105 cm³/mol. The Hall–Kier alpha value is -3.22. The highest BCUT2D eigenvalue weighted by molar-refractivity contribution is 6.02. The van der Waals surface area contributed by atoms with Gasteiger partial charge in [0.25, 0.3) is 0 Å². The second-order valence-corrected chi connectivity index (χ2v) is 7.51. The number of ether oxygens (including phenoxy) is 2. The number of amides is 1. The zero-order chi connectivity index (χ0) is 21.4. The minimum absolute atomic E-state index is 0.0475. The molecular formula is C23H21F2NO4. The first-order valence-corrected chi connectivity index (χ1v) is 9.64. The lowest BCUT2D eigenvalue weighted by atomic mass is 9.73. The van der Waals surface area contributed by atoms with Crippen molar-refractivity contribution in [3.05, 3.63) is 70.4 Å². The maximum Gasteiger partial charge on any atom is 0.225 e. The van der Waals surface area contributed by atoms with Crippen molar-refractivity contribution in [2.24, 2.45) is 0 Å². The van der Waals surface area contributed by atoms with Crippen LogP contribution in [0.15, 0.2) is 47.7 Å². The summed E-state index contributed by atoms with van der Waals surface area (Å²) in [5, 5.41) is 2.80. The molecule has 1 N–H and O–H groups in total. The number of ketones is 1. The molecule has 5 nitrogen and oxygen atoms in total. The Bertz CT molecular complexity index is 1060. The lowest BCUT2D eigenvalue weighted by Crippen LogP contribution is -2.38. The van der Waals surface area contributed by atoms with Gasteiger partial charge in [-0.2, -0.15) is 0 Å². The zero-order valence-corrected chi connectivity index (χ0v) is 16.6. The molecule has 1 aliphatic heterocycles. The number of nitrogens with one attached hydrogen (secondary N) is 1. The Morgan fingerprint density at radius 2 is 1.70 bits per heavy atom. The lowest BCUT2D eigenvalue weighted by molar-refractivity contribution is -0.122. The Morgan fingerprint density at radius 1 is 0.933 bits per heavy atom. The van der Waals surface area contributed by atoms with Crippen molar-refractivity contribution in [3.63, 3.8) is 0 Å². The van der Waals surface area contributed by atoms with E-state index in [0.29, 0.717) is 29.2 Å². The maximum absolute atomic E-state index is 14.4. The average Bonchev–Trinajstić information content (AvgIpc) is 2.72. The Balaban J connectivity index is 1.71. The van der Waals surface area contributed by atoms with Crippen molar-refractivity contribution in [2.45, 2.75) is 31.1 Å². The van der Waals surface area contributed by atoms with E-state index in [1.807, 2.05) is 12.1 Å². The fourth-order valence-corrected chi connectivity index (χ4v) is 4.35. The number of hydrogen-bond acceptors (Lipinski definition) is 4. The molecule has 2 unspecified atom stereocenters. The van der Waals surface area contributed by atoms with Crippen molar-refractivity contribution in [3.8, 4) is 11.5 Å². The molecule has 1 amide bonds. The van der Waals surface area contributed by atoms with Crippen molar-refractivity contribution >= 4 is 11.7 Å². The van der Waals surface area contributed by atoms with Gasteiger partial charge in [-0.1, -0.05) is 12.1 Å². The number of carbonyl (C=O) groups excluding carboxylic acids is 2. The van der Waals surface area contributed by atoms with Gasteiger partial charge in [0.2, 0.25) is 5.91 Å². The van der Waals surface area contributed by atoms with Gasteiger partial charge in [0, 0.05) is 36.1 Å². The van der Waals surface area contributed by atoms with Crippen LogP contribution in [0, 0.1) is 11.6 Å². The number of Topliss-reactive ketones (excluding diaryl/α,β-unsaturated/α-hetero) is 1. The molecule has 0 saturated heterocycles. The molecule has 0 saturated carbocycles. The second kappa shape index (κ2) is 7.89. The van der Waals surface area contributed by atoms with Gasteiger partial charge < -0.3 is 14.8 Å². The summed E-state index contributed by atoms with van der Waals surface area (Å²) >= 11 is 0. The van der Waals surface area contributed by atoms with E-state index in [1.165, 1.54) is 13.2 Å². The van der Waals surface area contributed by atoms with E-state index in [0.717, 1.165) is 17.7 Å². The summed E-state index contributed by atoms with van der Waals surface area (Å²) in [6, 6.07) is 8.70. The van der Waals surface area contributed by atoms with Crippen molar-refractivity contribution in [1.29, 1.82) is 0 Å². The summed E-state index contributed by atoms with van der Waals surface area (Å²) in [6.45, 7) is 0. The summed E-state index contributed by atoms with van der Waals surface area (Å²) in [5.74, 6) is -1.62. The number of allylic oxidation sites excluding steroid dienone is 2. The molecular weight excluding hydrogens is 392 g/mol. The fraction of sp³-hybridized carbons (Fsp3) is 0.304. The van der Waals surface area contributed by atoms with Gasteiger partial charge in [0.15, 0.2) is 17.3 Å². The van der Waals surface area contributed by atoms with E-state index in [1.54, 1.807) is 13.2 Å². The molecule has 4 rings (SSSR count). The van der Waals surface area contributed by atoms with Crippen molar-refractivity contribution in [2.75, 3.05) is 14.2 Å². The van der Waals surface area contributed by atoms with Crippen LogP contribution in [-0.2, 0) is 9.59 Å². The third-order valence-electron chi connectivity index (χ3n) is 5.75. The first-order chi connectivity index (χ1) is 14.4. The molecule has 1 aliphatic carbocycles. The number of hydrogen-bond donors (Lipinski definition) is 1. The molecule has 2 aromatic rings. The van der Waals surface area contributed by atoms with Gasteiger partial charge in [-0.3, -0.25) is 9.59 Å². The SMILES string of the molecule is COc1ccc(C2CC(=O)C3=C(C2)NC(=O)CC3c2ccc(F)cc2F)cc1OC. The first-order valence-electron chi connectivity index (χ1n) is 9.64. The minimum atomic E-state index is -0.753. The predicted octanol–water partition coefficient (Wildman–Crippen LogP) is 3.99. The van der Waals surface area contributed by atoms with Crippen LogP contribution < -0.4 is 14.8 Å². The molecule has 0 bridgehead atoms. The summed E-state index contributed by atoms with van der Waals surface area (Å²) in [7, 11) is 3.09. The quantitative estimate of drug-likeness (QED) is 0.823. The van der Waals surface area contributed by atoms with Crippen LogP contribution in [-0.4, -0.2) is 25.9 Å². The molecule has 0 aromatic heterocycles. The van der Waals surface area contributed by atoms with E-state index in [-0.39, 0.29) is 36.0 Å². The van der Waals surface area contributed by atoms with Gasteiger partial charge in [0.05, 0.1) is 14.2 Å². The molecule has 0 radical (unpaired) electrons. The fourth-order valence-electron chi connectivity index (χ4n) is 4.35. The Kier molecular flexibility index (Phi) is 5.28. The van der Waals surface area contributed by atoms with E-state index >= 15 is 0 Å². The molecule has 156 valence electrons. The minimum Gasteiger partial charge on any atom is -0.493 e. The maximum atomic E-state index is 14.4.